The topological polar surface area (TPSA) is 95.8 Å². The first-order valence-corrected chi connectivity index (χ1v) is 7.97. The summed E-state index contributed by atoms with van der Waals surface area (Å²) in [5.74, 6) is 6.41. The first kappa shape index (κ1) is 17.2. The molecule has 3 aromatic rings. The van der Waals surface area contributed by atoms with Crippen LogP contribution in [0.15, 0.2) is 48.5 Å². The maximum Gasteiger partial charge on any atom is 0.220 e. The molecule has 0 aliphatic rings. The van der Waals surface area contributed by atoms with Crippen LogP contribution in [0.4, 0.5) is 5.95 Å². The molecule has 0 atom stereocenters. The molecule has 0 aliphatic carbocycles. The molecule has 5 heteroatoms. The second-order valence-corrected chi connectivity index (χ2v) is 5.69. The molecule has 0 unspecified atom stereocenters. The van der Waals surface area contributed by atoms with Gasteiger partial charge in [0.05, 0.1) is 35.2 Å². The Kier molecular flexibility index (Phi) is 4.94. The summed E-state index contributed by atoms with van der Waals surface area (Å²) < 4.78 is 0. The van der Waals surface area contributed by atoms with E-state index in [4.69, 9.17) is 16.1 Å². The summed E-state index contributed by atoms with van der Waals surface area (Å²) in [5, 5.41) is 18.1. The molecular weight excluding hydrogens is 324 g/mol. The fourth-order valence-corrected chi connectivity index (χ4v) is 2.48. The third-order valence-corrected chi connectivity index (χ3v) is 3.86. The predicted octanol–water partition coefficient (Wildman–Crippen LogP) is 2.80. The fourth-order valence-electron chi connectivity index (χ4n) is 2.48. The SMILES string of the molecule is Cc1nc(N)nc(-c2ccc(C#N)cc2)c1C#Cc1ccc(CO)cc1. The number of nitrogens with zero attached hydrogens (tertiary/aromatic N) is 3. The van der Waals surface area contributed by atoms with E-state index in [0.717, 1.165) is 16.7 Å². The van der Waals surface area contributed by atoms with E-state index in [1.54, 1.807) is 12.1 Å². The van der Waals surface area contributed by atoms with Crippen molar-refractivity contribution in [3.8, 4) is 29.2 Å². The summed E-state index contributed by atoms with van der Waals surface area (Å²) in [6.07, 6.45) is 0. The molecule has 0 saturated heterocycles. The van der Waals surface area contributed by atoms with Gasteiger partial charge in [0.15, 0.2) is 0 Å². The zero-order valence-corrected chi connectivity index (χ0v) is 14.2. The van der Waals surface area contributed by atoms with Crippen molar-refractivity contribution in [1.29, 1.82) is 5.26 Å². The minimum Gasteiger partial charge on any atom is -0.392 e. The quantitative estimate of drug-likeness (QED) is 0.699. The number of aliphatic hydroxyl groups excluding tert-OH is 1. The van der Waals surface area contributed by atoms with Gasteiger partial charge in [-0.3, -0.25) is 0 Å². The van der Waals surface area contributed by atoms with E-state index in [9.17, 15) is 0 Å². The van der Waals surface area contributed by atoms with E-state index in [1.807, 2.05) is 43.3 Å². The Bertz CT molecular complexity index is 1040. The second kappa shape index (κ2) is 7.48. The number of nitriles is 1. The van der Waals surface area contributed by atoms with E-state index in [0.29, 0.717) is 22.5 Å². The van der Waals surface area contributed by atoms with Crippen LogP contribution in [0, 0.1) is 30.1 Å². The van der Waals surface area contributed by atoms with Crippen molar-refractivity contribution < 1.29 is 5.11 Å². The van der Waals surface area contributed by atoms with Gasteiger partial charge in [-0.05, 0) is 36.8 Å². The van der Waals surface area contributed by atoms with E-state index in [2.05, 4.69) is 27.9 Å². The molecule has 5 nitrogen and oxygen atoms in total. The molecule has 0 radical (unpaired) electrons. The van der Waals surface area contributed by atoms with Crippen molar-refractivity contribution in [2.75, 3.05) is 5.73 Å². The van der Waals surface area contributed by atoms with Crippen molar-refractivity contribution in [2.24, 2.45) is 0 Å². The number of aromatic nitrogens is 2. The Labute approximate surface area is 151 Å². The lowest BCUT2D eigenvalue weighted by Gasteiger charge is -2.08. The highest BCUT2D eigenvalue weighted by atomic mass is 16.3. The average molecular weight is 340 g/mol. The van der Waals surface area contributed by atoms with Gasteiger partial charge in [0.2, 0.25) is 5.95 Å². The molecule has 1 aromatic heterocycles. The highest BCUT2D eigenvalue weighted by Gasteiger charge is 2.11. The minimum atomic E-state index is 0.00145. The molecule has 0 fully saturated rings. The zero-order chi connectivity index (χ0) is 18.5. The Morgan fingerprint density at radius 3 is 2.23 bits per heavy atom. The van der Waals surface area contributed by atoms with E-state index in [-0.39, 0.29) is 12.6 Å². The van der Waals surface area contributed by atoms with Crippen LogP contribution in [-0.2, 0) is 6.61 Å². The van der Waals surface area contributed by atoms with E-state index in [1.165, 1.54) is 0 Å². The summed E-state index contributed by atoms with van der Waals surface area (Å²) >= 11 is 0. The average Bonchev–Trinajstić information content (AvgIpc) is 2.67. The summed E-state index contributed by atoms with van der Waals surface area (Å²) in [7, 11) is 0. The number of rotatable bonds is 2. The third kappa shape index (κ3) is 3.70. The summed E-state index contributed by atoms with van der Waals surface area (Å²) in [5.41, 5.74) is 10.9. The lowest BCUT2D eigenvalue weighted by molar-refractivity contribution is 0.282. The van der Waals surface area contributed by atoms with Crippen LogP contribution in [0.1, 0.15) is 27.9 Å². The van der Waals surface area contributed by atoms with Crippen molar-refractivity contribution in [3.63, 3.8) is 0 Å². The molecule has 0 spiro atoms. The summed E-state index contributed by atoms with van der Waals surface area (Å²) in [6, 6.07) is 16.6. The van der Waals surface area contributed by atoms with Gasteiger partial charge in [-0.1, -0.05) is 36.1 Å². The molecular formula is C21H16N4O. The molecule has 0 saturated carbocycles. The molecule has 1 heterocycles. The summed E-state index contributed by atoms with van der Waals surface area (Å²) in [4.78, 5) is 8.56. The first-order valence-electron chi connectivity index (χ1n) is 7.97. The number of nitrogen functional groups attached to an aromatic ring is 1. The van der Waals surface area contributed by atoms with Crippen molar-refractivity contribution >= 4 is 5.95 Å². The summed E-state index contributed by atoms with van der Waals surface area (Å²) in [6.45, 7) is 1.84. The monoisotopic (exact) mass is 340 g/mol. The second-order valence-electron chi connectivity index (χ2n) is 5.69. The molecule has 2 aromatic carbocycles. The van der Waals surface area contributed by atoms with E-state index >= 15 is 0 Å². The van der Waals surface area contributed by atoms with Crippen LogP contribution in [0.3, 0.4) is 0 Å². The van der Waals surface area contributed by atoms with E-state index < -0.39 is 0 Å². The third-order valence-electron chi connectivity index (χ3n) is 3.86. The largest absolute Gasteiger partial charge is 0.392 e. The van der Waals surface area contributed by atoms with Crippen LogP contribution in [0.2, 0.25) is 0 Å². The molecule has 0 aliphatic heterocycles. The number of aryl methyl sites for hydroxylation is 1. The van der Waals surface area contributed by atoms with Crippen LogP contribution in [-0.4, -0.2) is 15.1 Å². The number of anilines is 1. The molecule has 0 bridgehead atoms. The number of hydrogen-bond donors (Lipinski definition) is 2. The lowest BCUT2D eigenvalue weighted by atomic mass is 10.0. The van der Waals surface area contributed by atoms with Gasteiger partial charge < -0.3 is 10.8 Å². The normalized spacial score (nSPS) is 9.88. The van der Waals surface area contributed by atoms with Crippen LogP contribution in [0.5, 0.6) is 0 Å². The van der Waals surface area contributed by atoms with Crippen LogP contribution >= 0.6 is 0 Å². The predicted molar refractivity (Wildman–Crippen MR) is 99.7 cm³/mol. The maximum absolute atomic E-state index is 9.11. The van der Waals surface area contributed by atoms with Gasteiger partial charge in [0.25, 0.3) is 0 Å². The fraction of sp³-hybridized carbons (Fsp3) is 0.0952. The van der Waals surface area contributed by atoms with Gasteiger partial charge in [-0.15, -0.1) is 0 Å². The van der Waals surface area contributed by atoms with Crippen molar-refractivity contribution in [2.45, 2.75) is 13.5 Å². The molecule has 3 rings (SSSR count). The lowest BCUT2D eigenvalue weighted by Crippen LogP contribution is -2.02. The first-order chi connectivity index (χ1) is 12.6. The highest BCUT2D eigenvalue weighted by Crippen LogP contribution is 2.24. The Balaban J connectivity index is 2.06. The Hall–Kier alpha value is -3.67. The number of benzene rings is 2. The standard InChI is InChI=1S/C21H16N4O/c1-14-19(11-8-15-2-4-17(13-26)5-3-15)20(25-21(23)24-14)18-9-6-16(12-22)7-10-18/h2-7,9-10,26H,13H2,1H3,(H2,23,24,25). The number of nitrogens with two attached hydrogens (primary N) is 1. The van der Waals surface area contributed by atoms with Crippen molar-refractivity contribution in [3.05, 3.63) is 76.5 Å². The van der Waals surface area contributed by atoms with Crippen molar-refractivity contribution in [1.82, 2.24) is 9.97 Å². The smallest absolute Gasteiger partial charge is 0.220 e. The van der Waals surface area contributed by atoms with Gasteiger partial charge in [-0.25, -0.2) is 9.97 Å². The number of hydrogen-bond acceptors (Lipinski definition) is 5. The highest BCUT2D eigenvalue weighted by molar-refractivity contribution is 5.70. The van der Waals surface area contributed by atoms with Gasteiger partial charge in [0.1, 0.15) is 0 Å². The molecule has 26 heavy (non-hydrogen) atoms. The van der Waals surface area contributed by atoms with Gasteiger partial charge in [-0.2, -0.15) is 5.26 Å². The minimum absolute atomic E-state index is 0.00145. The zero-order valence-electron chi connectivity index (χ0n) is 14.2. The Morgan fingerprint density at radius 1 is 0.962 bits per heavy atom. The van der Waals surface area contributed by atoms with Crippen LogP contribution in [0.25, 0.3) is 11.3 Å². The number of aliphatic hydroxyl groups is 1. The molecule has 0 amide bonds. The van der Waals surface area contributed by atoms with Crippen LogP contribution < -0.4 is 5.73 Å². The van der Waals surface area contributed by atoms with Gasteiger partial charge >= 0.3 is 0 Å². The Morgan fingerprint density at radius 2 is 1.62 bits per heavy atom. The maximum atomic E-state index is 9.11. The van der Waals surface area contributed by atoms with Gasteiger partial charge in [0, 0.05) is 11.1 Å². The molecule has 126 valence electrons. The molecule has 3 N–H and O–H groups in total.